The average Bonchev–Trinajstić information content (AvgIpc) is 2.67. The van der Waals surface area contributed by atoms with E-state index in [-0.39, 0.29) is 5.41 Å². The fourth-order valence-corrected chi connectivity index (χ4v) is 2.73. The second-order valence-electron chi connectivity index (χ2n) is 3.99. The smallest absolute Gasteiger partial charge is 0.0459 e. The molecular weight excluding hydrogens is 229 g/mol. The van der Waals surface area contributed by atoms with Crippen molar-refractivity contribution < 1.29 is 0 Å². The Hall–Kier alpha value is -0.500. The molecule has 2 N–H and O–H groups in total. The molecule has 2 rings (SSSR count). The Morgan fingerprint density at radius 3 is 2.40 bits per heavy atom. The number of nitrogens with two attached hydrogens (primary N) is 1. The first-order valence-corrected chi connectivity index (χ1v) is 5.74. The van der Waals surface area contributed by atoms with Gasteiger partial charge in [-0.3, -0.25) is 0 Å². The second kappa shape index (κ2) is 4.17. The van der Waals surface area contributed by atoms with Crippen LogP contribution in [-0.4, -0.2) is 6.54 Å². The summed E-state index contributed by atoms with van der Waals surface area (Å²) < 4.78 is 0. The molecule has 0 saturated carbocycles. The zero-order chi connectivity index (χ0) is 10.9. The van der Waals surface area contributed by atoms with Crippen molar-refractivity contribution in [3.05, 3.63) is 46.0 Å². The van der Waals surface area contributed by atoms with Crippen LogP contribution in [0.5, 0.6) is 0 Å². The van der Waals surface area contributed by atoms with Crippen molar-refractivity contribution >= 4 is 23.2 Å². The number of benzene rings is 1. The highest BCUT2D eigenvalue weighted by atomic mass is 35.5. The van der Waals surface area contributed by atoms with Gasteiger partial charge in [-0.05, 0) is 30.5 Å². The Morgan fingerprint density at radius 1 is 1.20 bits per heavy atom. The molecule has 0 fully saturated rings. The third-order valence-electron chi connectivity index (χ3n) is 3.08. The van der Waals surface area contributed by atoms with Gasteiger partial charge in [0, 0.05) is 22.0 Å². The number of halogens is 2. The van der Waals surface area contributed by atoms with Gasteiger partial charge in [-0.1, -0.05) is 41.4 Å². The Morgan fingerprint density at radius 2 is 1.87 bits per heavy atom. The minimum atomic E-state index is -0.0122. The molecular formula is C12H13Cl2N. The maximum atomic E-state index is 6.21. The summed E-state index contributed by atoms with van der Waals surface area (Å²) in [6.45, 7) is 0.612. The molecule has 0 unspecified atom stereocenters. The number of allylic oxidation sites excluding steroid dienone is 2. The topological polar surface area (TPSA) is 26.0 Å². The van der Waals surface area contributed by atoms with Crippen LogP contribution in [-0.2, 0) is 5.41 Å². The Labute approximate surface area is 99.9 Å². The summed E-state index contributed by atoms with van der Waals surface area (Å²) >= 11 is 12.1. The van der Waals surface area contributed by atoms with Crippen LogP contribution in [0.25, 0.3) is 0 Å². The van der Waals surface area contributed by atoms with Gasteiger partial charge in [0.15, 0.2) is 0 Å². The highest BCUT2D eigenvalue weighted by Crippen LogP contribution is 2.40. The average molecular weight is 242 g/mol. The maximum absolute atomic E-state index is 6.21. The van der Waals surface area contributed by atoms with Crippen LogP contribution in [0.3, 0.4) is 0 Å². The highest BCUT2D eigenvalue weighted by molar-refractivity contribution is 6.35. The summed E-state index contributed by atoms with van der Waals surface area (Å²) in [5.74, 6) is 0. The van der Waals surface area contributed by atoms with E-state index in [9.17, 15) is 0 Å². The molecule has 1 aromatic rings. The number of rotatable bonds is 2. The van der Waals surface area contributed by atoms with Crippen LogP contribution >= 0.6 is 23.2 Å². The van der Waals surface area contributed by atoms with Crippen LogP contribution in [0.2, 0.25) is 10.0 Å². The first kappa shape index (κ1) is 11.0. The molecule has 0 spiro atoms. The van der Waals surface area contributed by atoms with Gasteiger partial charge in [0.25, 0.3) is 0 Å². The highest BCUT2D eigenvalue weighted by Gasteiger charge is 2.33. The molecule has 0 radical (unpaired) electrons. The molecule has 0 amide bonds. The molecule has 15 heavy (non-hydrogen) atoms. The summed E-state index contributed by atoms with van der Waals surface area (Å²) in [6.07, 6.45) is 6.26. The summed E-state index contributed by atoms with van der Waals surface area (Å²) in [5.41, 5.74) is 6.98. The van der Waals surface area contributed by atoms with E-state index in [0.717, 1.165) is 23.4 Å². The largest absolute Gasteiger partial charge is 0.330 e. The number of hydrogen-bond acceptors (Lipinski definition) is 1. The van der Waals surface area contributed by atoms with Crippen molar-refractivity contribution in [2.45, 2.75) is 18.3 Å². The lowest BCUT2D eigenvalue weighted by Gasteiger charge is -2.28. The SMILES string of the molecule is NCC1(c2ccc(Cl)cc2Cl)CC=CC1. The molecule has 0 atom stereocenters. The lowest BCUT2D eigenvalue weighted by molar-refractivity contribution is 0.471. The fraction of sp³-hybridized carbons (Fsp3) is 0.333. The summed E-state index contributed by atoms with van der Waals surface area (Å²) in [6, 6.07) is 5.65. The molecule has 0 aromatic heterocycles. The van der Waals surface area contributed by atoms with E-state index < -0.39 is 0 Å². The van der Waals surface area contributed by atoms with Crippen molar-refractivity contribution in [3.63, 3.8) is 0 Å². The van der Waals surface area contributed by atoms with E-state index in [4.69, 9.17) is 28.9 Å². The van der Waals surface area contributed by atoms with Gasteiger partial charge >= 0.3 is 0 Å². The number of hydrogen-bond donors (Lipinski definition) is 1. The third kappa shape index (κ3) is 1.92. The van der Waals surface area contributed by atoms with Crippen molar-refractivity contribution in [3.8, 4) is 0 Å². The van der Waals surface area contributed by atoms with Crippen molar-refractivity contribution in [1.29, 1.82) is 0 Å². The van der Waals surface area contributed by atoms with Crippen LogP contribution in [0.4, 0.5) is 0 Å². The summed E-state index contributed by atoms with van der Waals surface area (Å²) in [7, 11) is 0. The van der Waals surface area contributed by atoms with Gasteiger partial charge in [0.05, 0.1) is 0 Å². The molecule has 80 valence electrons. The van der Waals surface area contributed by atoms with E-state index in [2.05, 4.69) is 12.2 Å². The first-order valence-electron chi connectivity index (χ1n) is 4.98. The van der Waals surface area contributed by atoms with E-state index in [1.165, 1.54) is 0 Å². The van der Waals surface area contributed by atoms with E-state index >= 15 is 0 Å². The predicted molar refractivity (Wildman–Crippen MR) is 65.6 cm³/mol. The lowest BCUT2D eigenvalue weighted by Crippen LogP contribution is -2.32. The Balaban J connectivity index is 2.43. The van der Waals surface area contributed by atoms with E-state index in [1.54, 1.807) is 6.07 Å². The van der Waals surface area contributed by atoms with Gasteiger partial charge in [0.2, 0.25) is 0 Å². The van der Waals surface area contributed by atoms with Crippen molar-refractivity contribution in [1.82, 2.24) is 0 Å². The van der Waals surface area contributed by atoms with Gasteiger partial charge in [0.1, 0.15) is 0 Å². The van der Waals surface area contributed by atoms with Gasteiger partial charge < -0.3 is 5.73 Å². The third-order valence-corrected chi connectivity index (χ3v) is 3.62. The van der Waals surface area contributed by atoms with Crippen LogP contribution in [0, 0.1) is 0 Å². The molecule has 0 bridgehead atoms. The Bertz CT molecular complexity index is 391. The maximum Gasteiger partial charge on any atom is 0.0459 e. The lowest BCUT2D eigenvalue weighted by atomic mass is 9.78. The van der Waals surface area contributed by atoms with Crippen molar-refractivity contribution in [2.75, 3.05) is 6.54 Å². The van der Waals surface area contributed by atoms with E-state index in [1.807, 2.05) is 12.1 Å². The molecule has 0 aliphatic heterocycles. The molecule has 1 nitrogen and oxygen atoms in total. The van der Waals surface area contributed by atoms with Gasteiger partial charge in [-0.2, -0.15) is 0 Å². The van der Waals surface area contributed by atoms with Crippen LogP contribution in [0.1, 0.15) is 18.4 Å². The molecule has 1 aromatic carbocycles. The monoisotopic (exact) mass is 241 g/mol. The Kier molecular flexibility index (Phi) is 3.06. The van der Waals surface area contributed by atoms with Gasteiger partial charge in [-0.15, -0.1) is 0 Å². The molecule has 1 aliphatic carbocycles. The van der Waals surface area contributed by atoms with Gasteiger partial charge in [-0.25, -0.2) is 0 Å². The minimum Gasteiger partial charge on any atom is -0.330 e. The van der Waals surface area contributed by atoms with Crippen molar-refractivity contribution in [2.24, 2.45) is 5.73 Å². The van der Waals surface area contributed by atoms with E-state index in [0.29, 0.717) is 11.6 Å². The van der Waals surface area contributed by atoms with Crippen LogP contribution in [0.15, 0.2) is 30.4 Å². The summed E-state index contributed by atoms with van der Waals surface area (Å²) in [5, 5.41) is 1.39. The fourth-order valence-electron chi connectivity index (χ4n) is 2.12. The molecule has 0 heterocycles. The molecule has 1 aliphatic rings. The predicted octanol–water partition coefficient (Wildman–Crippen LogP) is 3.54. The normalized spacial score (nSPS) is 18.3. The zero-order valence-corrected chi connectivity index (χ0v) is 9.85. The molecule has 0 saturated heterocycles. The standard InChI is InChI=1S/C12H13Cl2N/c13-9-3-4-10(11(14)7-9)12(8-15)5-1-2-6-12/h1-4,7H,5-6,8,15H2. The quantitative estimate of drug-likeness (QED) is 0.788. The minimum absolute atomic E-state index is 0.0122. The molecule has 3 heteroatoms. The first-order chi connectivity index (χ1) is 7.18. The summed E-state index contributed by atoms with van der Waals surface area (Å²) in [4.78, 5) is 0. The van der Waals surface area contributed by atoms with Crippen LogP contribution < -0.4 is 5.73 Å². The zero-order valence-electron chi connectivity index (χ0n) is 8.34. The second-order valence-corrected chi connectivity index (χ2v) is 4.83.